The minimum absolute atomic E-state index is 0.868. The average Bonchev–Trinajstić information content (AvgIpc) is 2.62. The number of pyridine rings is 1. The summed E-state index contributed by atoms with van der Waals surface area (Å²) in [7, 11) is 0. The summed E-state index contributed by atoms with van der Waals surface area (Å²) in [6.07, 6.45) is 3.80. The molecule has 23 heavy (non-hydrogen) atoms. The quantitative estimate of drug-likeness (QED) is 0.339. The van der Waals surface area contributed by atoms with Gasteiger partial charge >= 0.3 is 0 Å². The molecule has 0 aliphatic carbocycles. The molecule has 0 N–H and O–H groups in total. The first-order valence-corrected chi connectivity index (χ1v) is 7.71. The van der Waals surface area contributed by atoms with Crippen molar-refractivity contribution in [2.45, 2.75) is 0 Å². The fraction of sp³-hybridized carbons (Fsp3) is 0. The summed E-state index contributed by atoms with van der Waals surface area (Å²) in [5.41, 5.74) is 0. The van der Waals surface area contributed by atoms with E-state index in [9.17, 15) is 0 Å². The average molecular weight is 296 g/mol. The standard InChI is InChI=1S/C21H14NO/c1-2-13-22(14-3-1)23-19-12-10-17-8-7-15-5-4-6-16-9-11-18(19)21(17)20(15)16/h1-14H/q+1. The molecule has 0 aliphatic heterocycles. The lowest BCUT2D eigenvalue weighted by Gasteiger charge is -2.11. The van der Waals surface area contributed by atoms with Gasteiger partial charge in [-0.1, -0.05) is 48.5 Å². The zero-order valence-corrected chi connectivity index (χ0v) is 12.4. The van der Waals surface area contributed by atoms with E-state index in [1.165, 1.54) is 26.9 Å². The predicted octanol–water partition coefficient (Wildman–Crippen LogP) is 4.71. The van der Waals surface area contributed by atoms with E-state index in [1.807, 2.05) is 36.7 Å². The van der Waals surface area contributed by atoms with Gasteiger partial charge in [0.05, 0.1) is 0 Å². The molecule has 108 valence electrons. The summed E-state index contributed by atoms with van der Waals surface area (Å²) >= 11 is 0. The maximum atomic E-state index is 6.05. The van der Waals surface area contributed by atoms with Crippen LogP contribution in [-0.4, -0.2) is 0 Å². The number of benzene rings is 4. The second-order valence-corrected chi connectivity index (χ2v) is 5.75. The molecule has 1 aromatic heterocycles. The lowest BCUT2D eigenvalue weighted by molar-refractivity contribution is -0.874. The second kappa shape index (κ2) is 4.68. The minimum atomic E-state index is 0.868. The molecule has 0 fully saturated rings. The summed E-state index contributed by atoms with van der Waals surface area (Å²) in [5.74, 6) is 0.868. The molecule has 5 aromatic rings. The van der Waals surface area contributed by atoms with E-state index < -0.39 is 0 Å². The van der Waals surface area contributed by atoms with Gasteiger partial charge in [-0.2, -0.15) is 0 Å². The first-order valence-electron chi connectivity index (χ1n) is 7.71. The maximum absolute atomic E-state index is 6.05. The van der Waals surface area contributed by atoms with Crippen LogP contribution in [0.2, 0.25) is 0 Å². The van der Waals surface area contributed by atoms with Crippen molar-refractivity contribution in [3.63, 3.8) is 0 Å². The Morgan fingerprint density at radius 2 is 1.22 bits per heavy atom. The Kier molecular flexibility index (Phi) is 2.53. The molecule has 0 radical (unpaired) electrons. The molecular weight excluding hydrogens is 282 g/mol. The fourth-order valence-electron chi connectivity index (χ4n) is 3.35. The third kappa shape index (κ3) is 1.85. The van der Waals surface area contributed by atoms with Crippen molar-refractivity contribution in [3.8, 4) is 5.75 Å². The molecule has 0 bridgehead atoms. The molecule has 5 rings (SSSR count). The van der Waals surface area contributed by atoms with Crippen molar-refractivity contribution in [1.82, 2.24) is 0 Å². The summed E-state index contributed by atoms with van der Waals surface area (Å²) < 4.78 is 1.73. The molecule has 0 aliphatic rings. The van der Waals surface area contributed by atoms with Gasteiger partial charge in [-0.05, 0) is 33.7 Å². The summed E-state index contributed by atoms with van der Waals surface area (Å²) in [6, 6.07) is 25.2. The van der Waals surface area contributed by atoms with Crippen LogP contribution >= 0.6 is 0 Å². The van der Waals surface area contributed by atoms with Crippen molar-refractivity contribution in [2.75, 3.05) is 0 Å². The lowest BCUT2D eigenvalue weighted by atomic mass is 9.94. The van der Waals surface area contributed by atoms with Gasteiger partial charge in [-0.3, -0.25) is 0 Å². The van der Waals surface area contributed by atoms with Crippen LogP contribution < -0.4 is 9.57 Å². The molecule has 0 spiro atoms. The largest absolute Gasteiger partial charge is 0.231 e. The zero-order valence-electron chi connectivity index (χ0n) is 12.4. The van der Waals surface area contributed by atoms with Crippen molar-refractivity contribution in [3.05, 3.63) is 85.2 Å². The molecule has 0 saturated carbocycles. The Balaban J connectivity index is 1.84. The van der Waals surface area contributed by atoms with Crippen molar-refractivity contribution in [1.29, 1.82) is 0 Å². The Labute approximate surface area is 133 Å². The molecule has 0 atom stereocenters. The SMILES string of the molecule is c1cc[n+](Oc2ccc3ccc4cccc5ccc2c3c45)cc1. The van der Waals surface area contributed by atoms with Crippen molar-refractivity contribution in [2.24, 2.45) is 0 Å². The Bertz CT molecular complexity index is 1120. The van der Waals surface area contributed by atoms with Gasteiger partial charge in [0, 0.05) is 27.6 Å². The number of rotatable bonds is 2. The van der Waals surface area contributed by atoms with Crippen LogP contribution in [0.15, 0.2) is 85.2 Å². The Hall–Kier alpha value is -3.13. The Morgan fingerprint density at radius 1 is 0.565 bits per heavy atom. The van der Waals surface area contributed by atoms with E-state index in [-0.39, 0.29) is 0 Å². The van der Waals surface area contributed by atoms with Crippen molar-refractivity contribution < 1.29 is 9.57 Å². The zero-order chi connectivity index (χ0) is 15.2. The molecule has 2 nitrogen and oxygen atoms in total. The second-order valence-electron chi connectivity index (χ2n) is 5.75. The highest BCUT2D eigenvalue weighted by Gasteiger charge is 2.13. The summed E-state index contributed by atoms with van der Waals surface area (Å²) in [4.78, 5) is 6.05. The highest BCUT2D eigenvalue weighted by molar-refractivity contribution is 6.24. The van der Waals surface area contributed by atoms with E-state index >= 15 is 0 Å². The Morgan fingerprint density at radius 3 is 2.00 bits per heavy atom. The molecule has 0 amide bonds. The van der Waals surface area contributed by atoms with Gasteiger partial charge in [0.1, 0.15) is 0 Å². The number of hydrogen-bond donors (Lipinski definition) is 0. The maximum Gasteiger partial charge on any atom is 0.223 e. The van der Waals surface area contributed by atoms with E-state index in [1.54, 1.807) is 4.73 Å². The van der Waals surface area contributed by atoms with E-state index in [0.29, 0.717) is 0 Å². The van der Waals surface area contributed by atoms with Gasteiger partial charge in [0.25, 0.3) is 0 Å². The van der Waals surface area contributed by atoms with E-state index in [4.69, 9.17) is 4.84 Å². The highest BCUT2D eigenvalue weighted by Crippen LogP contribution is 2.38. The van der Waals surface area contributed by atoms with E-state index in [0.717, 1.165) is 11.1 Å². The molecule has 1 heterocycles. The predicted molar refractivity (Wildman–Crippen MR) is 92.8 cm³/mol. The van der Waals surface area contributed by atoms with Crippen LogP contribution in [0.3, 0.4) is 0 Å². The molecule has 4 aromatic carbocycles. The first kappa shape index (κ1) is 12.4. The molecule has 0 saturated heterocycles. The van der Waals surface area contributed by atoms with Crippen LogP contribution in [0.1, 0.15) is 0 Å². The summed E-state index contributed by atoms with van der Waals surface area (Å²) in [5, 5.41) is 7.51. The minimum Gasteiger partial charge on any atom is -0.231 e. The van der Waals surface area contributed by atoms with Crippen LogP contribution in [0, 0.1) is 0 Å². The summed E-state index contributed by atoms with van der Waals surface area (Å²) in [6.45, 7) is 0. The monoisotopic (exact) mass is 296 g/mol. The van der Waals surface area contributed by atoms with Gasteiger partial charge in [0.2, 0.25) is 18.1 Å². The van der Waals surface area contributed by atoms with Gasteiger partial charge in [-0.25, -0.2) is 4.84 Å². The molecule has 2 heteroatoms. The van der Waals surface area contributed by atoms with Crippen LogP contribution in [-0.2, 0) is 0 Å². The lowest BCUT2D eigenvalue weighted by Crippen LogP contribution is -2.38. The highest BCUT2D eigenvalue weighted by atomic mass is 16.7. The van der Waals surface area contributed by atoms with Gasteiger partial charge < -0.3 is 0 Å². The first-order chi connectivity index (χ1) is 11.4. The van der Waals surface area contributed by atoms with Crippen molar-refractivity contribution >= 4 is 32.3 Å². The smallest absolute Gasteiger partial charge is 0.223 e. The third-order valence-electron chi connectivity index (χ3n) is 4.38. The molecule has 0 unspecified atom stereocenters. The van der Waals surface area contributed by atoms with Gasteiger partial charge in [-0.15, -0.1) is 0 Å². The van der Waals surface area contributed by atoms with E-state index in [2.05, 4.69) is 48.5 Å². The van der Waals surface area contributed by atoms with Crippen LogP contribution in [0.25, 0.3) is 32.3 Å². The number of hydrogen-bond acceptors (Lipinski definition) is 1. The topological polar surface area (TPSA) is 13.1 Å². The normalized spacial score (nSPS) is 11.5. The van der Waals surface area contributed by atoms with Gasteiger partial charge in [0.15, 0.2) is 0 Å². The molecular formula is C21H14NO+. The fourth-order valence-corrected chi connectivity index (χ4v) is 3.35. The van der Waals surface area contributed by atoms with Crippen LogP contribution in [0.4, 0.5) is 0 Å². The number of nitrogens with zero attached hydrogens (tertiary/aromatic N) is 1. The number of aromatic nitrogens is 1. The van der Waals surface area contributed by atoms with Crippen LogP contribution in [0.5, 0.6) is 5.75 Å². The third-order valence-corrected chi connectivity index (χ3v) is 4.38.